The van der Waals surface area contributed by atoms with Gasteiger partial charge in [0, 0.05) is 30.9 Å². The molecule has 2 fully saturated rings. The predicted octanol–water partition coefficient (Wildman–Crippen LogP) is 3.30. The standard InChI is InChI=1S/C24H34N6O3S/c1-17-27-28-24(30(17)20-8-10-21(33-2)11-9-20)34-16-22(31)25-19-12-14-29(15-13-19)23(32)26-18-6-4-3-5-7-18/h8-11,18-19H,3-7,12-16H2,1-2H3,(H,25,31)(H,26,32). The molecule has 184 valence electrons. The van der Waals surface area contributed by atoms with E-state index in [1.165, 1.54) is 31.0 Å². The largest absolute Gasteiger partial charge is 0.497 e. The number of carbonyl (C=O) groups excluding carboxylic acids is 2. The van der Waals surface area contributed by atoms with Gasteiger partial charge in [-0.25, -0.2) is 4.79 Å². The number of hydrogen-bond donors (Lipinski definition) is 2. The van der Waals surface area contributed by atoms with Gasteiger partial charge >= 0.3 is 6.03 Å². The Balaban J connectivity index is 1.22. The zero-order valence-corrected chi connectivity index (χ0v) is 20.8. The maximum Gasteiger partial charge on any atom is 0.317 e. The molecule has 1 aromatic carbocycles. The van der Waals surface area contributed by atoms with Crippen LogP contribution in [-0.2, 0) is 4.79 Å². The molecule has 0 atom stereocenters. The molecule has 34 heavy (non-hydrogen) atoms. The molecule has 2 heterocycles. The maximum absolute atomic E-state index is 12.6. The van der Waals surface area contributed by atoms with Crippen molar-refractivity contribution in [1.82, 2.24) is 30.3 Å². The van der Waals surface area contributed by atoms with Crippen molar-refractivity contribution in [1.29, 1.82) is 0 Å². The van der Waals surface area contributed by atoms with Crippen LogP contribution in [0.2, 0.25) is 0 Å². The highest BCUT2D eigenvalue weighted by molar-refractivity contribution is 7.99. The maximum atomic E-state index is 12.6. The summed E-state index contributed by atoms with van der Waals surface area (Å²) >= 11 is 1.37. The van der Waals surface area contributed by atoms with Crippen molar-refractivity contribution < 1.29 is 14.3 Å². The molecule has 0 unspecified atom stereocenters. The highest BCUT2D eigenvalue weighted by Gasteiger charge is 2.26. The summed E-state index contributed by atoms with van der Waals surface area (Å²) in [5, 5.41) is 15.4. The molecule has 1 saturated carbocycles. The summed E-state index contributed by atoms with van der Waals surface area (Å²) in [5.41, 5.74) is 0.921. The lowest BCUT2D eigenvalue weighted by molar-refractivity contribution is -0.119. The first kappa shape index (κ1) is 24.4. The molecule has 1 aromatic heterocycles. The Morgan fingerprint density at radius 2 is 1.68 bits per heavy atom. The van der Waals surface area contributed by atoms with Crippen LogP contribution in [0.3, 0.4) is 0 Å². The Morgan fingerprint density at radius 1 is 1.00 bits per heavy atom. The van der Waals surface area contributed by atoms with Crippen molar-refractivity contribution in [3.8, 4) is 11.4 Å². The Morgan fingerprint density at radius 3 is 2.35 bits per heavy atom. The van der Waals surface area contributed by atoms with Crippen molar-refractivity contribution in [3.63, 3.8) is 0 Å². The summed E-state index contributed by atoms with van der Waals surface area (Å²) in [6, 6.07) is 8.11. The summed E-state index contributed by atoms with van der Waals surface area (Å²) in [7, 11) is 1.63. The summed E-state index contributed by atoms with van der Waals surface area (Å²) in [4.78, 5) is 27.0. The molecule has 2 aliphatic rings. The Kier molecular flexibility index (Phi) is 8.31. The van der Waals surface area contributed by atoms with Gasteiger partial charge in [-0.05, 0) is 56.9 Å². The minimum absolute atomic E-state index is 0.0305. The van der Waals surface area contributed by atoms with Crippen LogP contribution in [0, 0.1) is 6.92 Å². The van der Waals surface area contributed by atoms with Crippen LogP contribution < -0.4 is 15.4 Å². The van der Waals surface area contributed by atoms with Crippen molar-refractivity contribution in [2.24, 2.45) is 0 Å². The highest BCUT2D eigenvalue weighted by atomic mass is 32.2. The third-order valence-corrected chi connectivity index (χ3v) is 7.47. The normalized spacial score (nSPS) is 17.4. The van der Waals surface area contributed by atoms with Crippen LogP contribution in [0.5, 0.6) is 5.75 Å². The lowest BCUT2D eigenvalue weighted by atomic mass is 9.95. The topological polar surface area (TPSA) is 101 Å². The summed E-state index contributed by atoms with van der Waals surface area (Å²) in [6.45, 7) is 3.23. The van der Waals surface area contributed by atoms with Crippen molar-refractivity contribution in [2.75, 3.05) is 26.0 Å². The lowest BCUT2D eigenvalue weighted by Crippen LogP contribution is -2.51. The number of likely N-dealkylation sites (tertiary alicyclic amines) is 1. The van der Waals surface area contributed by atoms with Gasteiger partial charge in [-0.2, -0.15) is 0 Å². The van der Waals surface area contributed by atoms with Crippen LogP contribution in [0.1, 0.15) is 50.8 Å². The number of nitrogens with zero attached hydrogens (tertiary/aromatic N) is 4. The monoisotopic (exact) mass is 486 g/mol. The number of piperidine rings is 1. The number of urea groups is 1. The van der Waals surface area contributed by atoms with Crippen LogP contribution in [0.4, 0.5) is 4.79 Å². The quantitative estimate of drug-likeness (QED) is 0.583. The number of methoxy groups -OCH3 is 1. The van der Waals surface area contributed by atoms with Crippen LogP contribution in [0.25, 0.3) is 5.69 Å². The highest BCUT2D eigenvalue weighted by Crippen LogP contribution is 2.24. The van der Waals surface area contributed by atoms with Gasteiger partial charge in [0.05, 0.1) is 12.9 Å². The molecule has 1 aliphatic heterocycles. The first-order valence-electron chi connectivity index (χ1n) is 12.1. The zero-order chi connectivity index (χ0) is 23.9. The van der Waals surface area contributed by atoms with E-state index in [0.717, 1.165) is 42.9 Å². The van der Waals surface area contributed by atoms with Crippen LogP contribution in [-0.4, -0.2) is 69.6 Å². The average Bonchev–Trinajstić information content (AvgIpc) is 3.24. The van der Waals surface area contributed by atoms with E-state index >= 15 is 0 Å². The van der Waals surface area contributed by atoms with Gasteiger partial charge in [0.2, 0.25) is 5.91 Å². The van der Waals surface area contributed by atoms with Gasteiger partial charge in [0.15, 0.2) is 5.16 Å². The Bertz CT molecular complexity index is 966. The second-order valence-electron chi connectivity index (χ2n) is 8.97. The van der Waals surface area contributed by atoms with Gasteiger partial charge in [-0.1, -0.05) is 31.0 Å². The minimum atomic E-state index is -0.0305. The smallest absolute Gasteiger partial charge is 0.317 e. The van der Waals surface area contributed by atoms with E-state index < -0.39 is 0 Å². The molecule has 10 heteroatoms. The fourth-order valence-electron chi connectivity index (χ4n) is 4.60. The molecular weight excluding hydrogens is 452 g/mol. The lowest BCUT2D eigenvalue weighted by Gasteiger charge is -2.34. The minimum Gasteiger partial charge on any atom is -0.497 e. The molecule has 0 radical (unpaired) electrons. The summed E-state index contributed by atoms with van der Waals surface area (Å²) < 4.78 is 7.16. The number of thioether (sulfide) groups is 1. The molecule has 1 aliphatic carbocycles. The van der Waals surface area contributed by atoms with Gasteiger partial charge in [-0.15, -0.1) is 10.2 Å². The summed E-state index contributed by atoms with van der Waals surface area (Å²) in [6.07, 6.45) is 7.39. The molecule has 0 spiro atoms. The number of nitrogens with one attached hydrogen (secondary N) is 2. The zero-order valence-electron chi connectivity index (χ0n) is 20.0. The molecule has 9 nitrogen and oxygen atoms in total. The fraction of sp³-hybridized carbons (Fsp3) is 0.583. The van der Waals surface area contributed by atoms with Crippen LogP contribution >= 0.6 is 11.8 Å². The average molecular weight is 487 g/mol. The molecule has 0 bridgehead atoms. The second kappa shape index (κ2) is 11.6. The van der Waals surface area contributed by atoms with E-state index in [-0.39, 0.29) is 23.7 Å². The number of ether oxygens (including phenoxy) is 1. The fourth-order valence-corrected chi connectivity index (χ4v) is 5.41. The second-order valence-corrected chi connectivity index (χ2v) is 9.91. The van der Waals surface area contributed by atoms with Gasteiger partial charge in [-0.3, -0.25) is 9.36 Å². The van der Waals surface area contributed by atoms with E-state index in [1.807, 2.05) is 40.7 Å². The van der Waals surface area contributed by atoms with E-state index in [4.69, 9.17) is 4.74 Å². The van der Waals surface area contributed by atoms with E-state index in [0.29, 0.717) is 24.3 Å². The Hall–Kier alpha value is -2.75. The Labute approximate surface area is 205 Å². The molecule has 2 aromatic rings. The molecule has 2 N–H and O–H groups in total. The van der Waals surface area contributed by atoms with E-state index in [1.54, 1.807) is 7.11 Å². The van der Waals surface area contributed by atoms with Gasteiger partial charge in [0.1, 0.15) is 11.6 Å². The number of rotatable bonds is 7. The predicted molar refractivity (Wildman–Crippen MR) is 132 cm³/mol. The number of carbonyl (C=O) groups is 2. The first-order chi connectivity index (χ1) is 16.5. The van der Waals surface area contributed by atoms with Gasteiger partial charge in [0.25, 0.3) is 0 Å². The van der Waals surface area contributed by atoms with Crippen molar-refractivity contribution in [3.05, 3.63) is 30.1 Å². The van der Waals surface area contributed by atoms with Crippen LogP contribution in [0.15, 0.2) is 29.4 Å². The molecule has 4 rings (SSSR count). The molecule has 1 saturated heterocycles. The van der Waals surface area contributed by atoms with E-state index in [9.17, 15) is 9.59 Å². The number of aryl methyl sites for hydroxylation is 1. The van der Waals surface area contributed by atoms with E-state index in [2.05, 4.69) is 20.8 Å². The van der Waals surface area contributed by atoms with Crippen molar-refractivity contribution in [2.45, 2.75) is 69.1 Å². The summed E-state index contributed by atoms with van der Waals surface area (Å²) in [5.74, 6) is 1.76. The number of amides is 3. The molecular formula is C24H34N6O3S. The number of aromatic nitrogens is 3. The first-order valence-corrected chi connectivity index (χ1v) is 13.1. The van der Waals surface area contributed by atoms with Crippen molar-refractivity contribution >= 4 is 23.7 Å². The van der Waals surface area contributed by atoms with Gasteiger partial charge < -0.3 is 20.3 Å². The SMILES string of the molecule is COc1ccc(-n2c(C)nnc2SCC(=O)NC2CCN(C(=O)NC3CCCCC3)CC2)cc1. The molecule has 3 amide bonds. The number of benzene rings is 1. The number of hydrogen-bond acceptors (Lipinski definition) is 6. The third-order valence-electron chi connectivity index (χ3n) is 6.54. The third kappa shape index (κ3) is 6.22.